The van der Waals surface area contributed by atoms with Gasteiger partial charge < -0.3 is 9.08 Å². The molecule has 2 aromatic rings. The lowest BCUT2D eigenvalue weighted by Crippen LogP contribution is -2.40. The van der Waals surface area contributed by atoms with Gasteiger partial charge >= 0.3 is 10.1 Å². The maximum absolute atomic E-state index is 13.1. The smallest absolute Gasteiger partial charge is 0.339 e. The van der Waals surface area contributed by atoms with Gasteiger partial charge in [-0.25, -0.2) is 4.39 Å². The van der Waals surface area contributed by atoms with E-state index < -0.39 is 15.9 Å². The summed E-state index contributed by atoms with van der Waals surface area (Å²) in [6, 6.07) is 11.3. The first-order valence-electron chi connectivity index (χ1n) is 10.4. The minimum absolute atomic E-state index is 0.0808. The number of carbonyl (C=O) groups is 1. The van der Waals surface area contributed by atoms with E-state index in [9.17, 15) is 17.6 Å². The van der Waals surface area contributed by atoms with Crippen molar-refractivity contribution in [2.75, 3.05) is 0 Å². The fourth-order valence-corrected chi connectivity index (χ4v) is 4.67. The quantitative estimate of drug-likeness (QED) is 0.555. The second-order valence-electron chi connectivity index (χ2n) is 7.84. The van der Waals surface area contributed by atoms with E-state index in [1.165, 1.54) is 12.1 Å². The summed E-state index contributed by atoms with van der Waals surface area (Å²) in [6.45, 7) is 4.48. The van der Waals surface area contributed by atoms with Gasteiger partial charge in [0.1, 0.15) is 16.5 Å². The van der Waals surface area contributed by atoms with Crippen molar-refractivity contribution in [1.29, 1.82) is 0 Å². The highest BCUT2D eigenvalue weighted by atomic mass is 32.2. The van der Waals surface area contributed by atoms with Gasteiger partial charge in [-0.15, -0.1) is 0 Å². The third-order valence-electron chi connectivity index (χ3n) is 5.67. The van der Waals surface area contributed by atoms with Gasteiger partial charge in [0.2, 0.25) is 5.91 Å². The van der Waals surface area contributed by atoms with Crippen molar-refractivity contribution in [3.05, 3.63) is 59.9 Å². The zero-order valence-corrected chi connectivity index (χ0v) is 18.2. The number of amides is 1. The number of nitrogens with zero attached hydrogens (tertiary/aromatic N) is 1. The average molecular weight is 434 g/mol. The van der Waals surface area contributed by atoms with Crippen molar-refractivity contribution >= 4 is 16.0 Å². The Bertz CT molecular complexity index is 969. The lowest BCUT2D eigenvalue weighted by molar-refractivity contribution is -0.138. The minimum Gasteiger partial charge on any atom is -0.379 e. The van der Waals surface area contributed by atoms with Crippen molar-refractivity contribution in [2.24, 2.45) is 5.92 Å². The Morgan fingerprint density at radius 2 is 1.83 bits per heavy atom. The first-order chi connectivity index (χ1) is 14.3. The third kappa shape index (κ3) is 5.39. The predicted octanol–water partition coefficient (Wildman–Crippen LogP) is 4.91. The Balaban J connectivity index is 1.77. The van der Waals surface area contributed by atoms with Gasteiger partial charge in [0.15, 0.2) is 0 Å². The second kappa shape index (κ2) is 9.60. The molecule has 1 saturated carbocycles. The van der Waals surface area contributed by atoms with Gasteiger partial charge in [-0.05, 0) is 68.1 Å². The van der Waals surface area contributed by atoms with E-state index in [-0.39, 0.29) is 28.5 Å². The van der Waals surface area contributed by atoms with Crippen LogP contribution in [0.15, 0.2) is 53.4 Å². The highest BCUT2D eigenvalue weighted by Crippen LogP contribution is 2.29. The molecule has 30 heavy (non-hydrogen) atoms. The highest BCUT2D eigenvalue weighted by molar-refractivity contribution is 7.87. The molecule has 1 atom stereocenters. The lowest BCUT2D eigenvalue weighted by atomic mass is 10.0. The molecule has 0 saturated heterocycles. The van der Waals surface area contributed by atoms with E-state index >= 15 is 0 Å². The van der Waals surface area contributed by atoms with Crippen LogP contribution in [-0.4, -0.2) is 25.3 Å². The molecule has 162 valence electrons. The average Bonchev–Trinajstić information content (AvgIpc) is 3.26. The van der Waals surface area contributed by atoms with E-state index in [1.54, 1.807) is 18.2 Å². The van der Waals surface area contributed by atoms with E-state index in [1.807, 2.05) is 24.8 Å². The Morgan fingerprint density at radius 3 is 2.47 bits per heavy atom. The van der Waals surface area contributed by atoms with E-state index in [4.69, 9.17) is 4.18 Å². The zero-order chi connectivity index (χ0) is 21.7. The van der Waals surface area contributed by atoms with Crippen LogP contribution >= 0.6 is 0 Å². The Labute approximate surface area is 178 Å². The van der Waals surface area contributed by atoms with Gasteiger partial charge in [0, 0.05) is 18.5 Å². The summed E-state index contributed by atoms with van der Waals surface area (Å²) in [6.07, 6.45) is 4.90. The monoisotopic (exact) mass is 433 g/mol. The highest BCUT2D eigenvalue weighted by Gasteiger charge is 2.29. The first kappa shape index (κ1) is 22.3. The molecule has 1 amide bonds. The van der Waals surface area contributed by atoms with Gasteiger partial charge in [0.05, 0.1) is 0 Å². The lowest BCUT2D eigenvalue weighted by Gasteiger charge is -2.31. The van der Waals surface area contributed by atoms with Crippen molar-refractivity contribution in [2.45, 2.75) is 63.4 Å². The van der Waals surface area contributed by atoms with Crippen molar-refractivity contribution in [1.82, 2.24) is 4.90 Å². The molecule has 0 radical (unpaired) electrons. The maximum Gasteiger partial charge on any atom is 0.339 e. The Morgan fingerprint density at radius 1 is 1.17 bits per heavy atom. The van der Waals surface area contributed by atoms with Crippen LogP contribution in [0.3, 0.4) is 0 Å². The molecule has 5 nitrogen and oxygen atoms in total. The molecule has 1 fully saturated rings. The fraction of sp³-hybridized carbons (Fsp3) is 0.435. The van der Waals surface area contributed by atoms with E-state index in [2.05, 4.69) is 0 Å². The molecular formula is C23H28FNO4S. The first-order valence-corrected chi connectivity index (χ1v) is 11.8. The van der Waals surface area contributed by atoms with Gasteiger partial charge in [-0.3, -0.25) is 4.79 Å². The molecule has 0 N–H and O–H groups in total. The summed E-state index contributed by atoms with van der Waals surface area (Å²) in [5.74, 6) is -0.105. The van der Waals surface area contributed by atoms with Crippen LogP contribution < -0.4 is 4.18 Å². The molecule has 3 rings (SSSR count). The van der Waals surface area contributed by atoms with Gasteiger partial charge in [0.25, 0.3) is 0 Å². The largest absolute Gasteiger partial charge is 0.379 e. The van der Waals surface area contributed by atoms with Gasteiger partial charge in [-0.1, -0.05) is 31.9 Å². The number of hydrogen-bond donors (Lipinski definition) is 0. The molecule has 0 aromatic heterocycles. The minimum atomic E-state index is -4.07. The second-order valence-corrected chi connectivity index (χ2v) is 9.39. The van der Waals surface area contributed by atoms with Crippen molar-refractivity contribution in [3.63, 3.8) is 0 Å². The Hall–Kier alpha value is -2.41. The summed E-state index contributed by atoms with van der Waals surface area (Å²) in [7, 11) is -4.07. The summed E-state index contributed by atoms with van der Waals surface area (Å²) in [5, 5.41) is 0. The van der Waals surface area contributed by atoms with Crippen LogP contribution in [0.5, 0.6) is 5.75 Å². The number of benzene rings is 2. The fourth-order valence-electron chi connectivity index (χ4n) is 3.75. The molecule has 1 aliphatic rings. The SMILES string of the molecule is CCC(C)N(Cc1cccc(OS(=O)(=O)c2ccc(F)cc2)c1)C(=O)C1CCCC1. The van der Waals surface area contributed by atoms with Crippen LogP contribution in [0.25, 0.3) is 0 Å². The maximum atomic E-state index is 13.1. The molecule has 0 heterocycles. The summed E-state index contributed by atoms with van der Waals surface area (Å²) in [5.41, 5.74) is 0.799. The van der Waals surface area contributed by atoms with Crippen LogP contribution in [0, 0.1) is 11.7 Å². The molecular weight excluding hydrogens is 405 g/mol. The molecule has 1 unspecified atom stereocenters. The van der Waals surface area contributed by atoms with Gasteiger partial charge in [-0.2, -0.15) is 8.42 Å². The Kier molecular flexibility index (Phi) is 7.13. The molecule has 1 aliphatic carbocycles. The molecule has 0 bridgehead atoms. The number of carbonyl (C=O) groups excluding carboxylic acids is 1. The van der Waals surface area contributed by atoms with Crippen molar-refractivity contribution < 1.29 is 21.8 Å². The van der Waals surface area contributed by atoms with Crippen molar-refractivity contribution in [3.8, 4) is 5.75 Å². The number of rotatable bonds is 8. The molecule has 2 aromatic carbocycles. The number of halogens is 1. The van der Waals surface area contributed by atoms with Crippen LogP contribution in [0.1, 0.15) is 51.5 Å². The third-order valence-corrected chi connectivity index (χ3v) is 6.93. The zero-order valence-electron chi connectivity index (χ0n) is 17.4. The standard InChI is InChI=1S/C23H28FNO4S/c1-3-17(2)25(23(26)19-8-4-5-9-19)16-18-7-6-10-21(15-18)29-30(27,28)22-13-11-20(24)12-14-22/h6-7,10-15,17,19H,3-5,8-9,16H2,1-2H3. The normalized spacial score (nSPS) is 15.7. The van der Waals surface area contributed by atoms with Crippen LogP contribution in [-0.2, 0) is 21.5 Å². The summed E-state index contributed by atoms with van der Waals surface area (Å²) in [4.78, 5) is 14.8. The topological polar surface area (TPSA) is 63.7 Å². The summed E-state index contributed by atoms with van der Waals surface area (Å²) < 4.78 is 43.3. The molecule has 0 spiro atoms. The molecule has 7 heteroatoms. The van der Waals surface area contributed by atoms with E-state index in [0.29, 0.717) is 6.54 Å². The molecule has 0 aliphatic heterocycles. The predicted molar refractivity (Wildman–Crippen MR) is 113 cm³/mol. The summed E-state index contributed by atoms with van der Waals surface area (Å²) >= 11 is 0. The number of hydrogen-bond acceptors (Lipinski definition) is 4. The van der Waals surface area contributed by atoms with Crippen LogP contribution in [0.2, 0.25) is 0 Å². The van der Waals surface area contributed by atoms with E-state index in [0.717, 1.165) is 49.8 Å². The van der Waals surface area contributed by atoms with Crippen LogP contribution in [0.4, 0.5) is 4.39 Å².